The standard InChI is InChI=1S/C23H25FN4O3S/c1-14-22(15(2)31-27-14)32(29,30)26-13-18-5-4-17-10-21-16(11-23(17,18)3)12-25-28(21)20-8-6-19(24)7-9-20/h6-10,12,18,26H,4-5,11,13H2,1-3H3/t18-,23+/m1/s1. The van der Waals surface area contributed by atoms with E-state index < -0.39 is 10.0 Å². The number of halogens is 1. The Morgan fingerprint density at radius 1 is 1.28 bits per heavy atom. The van der Waals surface area contributed by atoms with Gasteiger partial charge in [0.15, 0.2) is 5.76 Å². The average molecular weight is 457 g/mol. The summed E-state index contributed by atoms with van der Waals surface area (Å²) in [6.45, 7) is 5.79. The van der Waals surface area contributed by atoms with E-state index in [0.717, 1.165) is 36.2 Å². The van der Waals surface area contributed by atoms with Gasteiger partial charge in [0.25, 0.3) is 0 Å². The van der Waals surface area contributed by atoms with E-state index in [0.29, 0.717) is 18.0 Å². The van der Waals surface area contributed by atoms with Crippen LogP contribution in [-0.4, -0.2) is 29.9 Å². The van der Waals surface area contributed by atoms with Crippen LogP contribution in [0.5, 0.6) is 0 Å². The fraction of sp³-hybridized carbons (Fsp3) is 0.391. The zero-order chi connectivity index (χ0) is 22.7. The van der Waals surface area contributed by atoms with Crippen molar-refractivity contribution in [3.8, 4) is 5.69 Å². The fourth-order valence-electron chi connectivity index (χ4n) is 5.19. The zero-order valence-electron chi connectivity index (χ0n) is 18.2. The molecule has 1 N–H and O–H groups in total. The van der Waals surface area contributed by atoms with Crippen LogP contribution in [-0.2, 0) is 16.4 Å². The van der Waals surface area contributed by atoms with E-state index in [2.05, 4.69) is 28.0 Å². The van der Waals surface area contributed by atoms with E-state index in [1.54, 1.807) is 26.0 Å². The molecule has 0 spiro atoms. The third kappa shape index (κ3) is 3.31. The maximum Gasteiger partial charge on any atom is 0.245 e. The van der Waals surface area contributed by atoms with Gasteiger partial charge in [-0.15, -0.1) is 0 Å². The lowest BCUT2D eigenvalue weighted by Crippen LogP contribution is -2.37. The molecule has 0 unspecified atom stereocenters. The summed E-state index contributed by atoms with van der Waals surface area (Å²) in [6, 6.07) is 6.30. The second-order valence-electron chi connectivity index (χ2n) is 8.95. The second kappa shape index (κ2) is 7.38. The molecule has 2 atom stereocenters. The Morgan fingerprint density at radius 3 is 2.72 bits per heavy atom. The molecule has 0 amide bonds. The van der Waals surface area contributed by atoms with Gasteiger partial charge in [-0.2, -0.15) is 5.10 Å². The molecule has 0 bridgehead atoms. The first-order chi connectivity index (χ1) is 15.2. The van der Waals surface area contributed by atoms with Gasteiger partial charge in [0.2, 0.25) is 10.0 Å². The molecule has 32 heavy (non-hydrogen) atoms. The number of hydrogen-bond acceptors (Lipinski definition) is 5. The predicted octanol–water partition coefficient (Wildman–Crippen LogP) is 3.95. The number of nitrogens with one attached hydrogen (secondary N) is 1. The molecule has 0 aliphatic heterocycles. The molecule has 2 aromatic heterocycles. The minimum atomic E-state index is -3.70. The number of aromatic nitrogens is 3. The number of sulfonamides is 1. The summed E-state index contributed by atoms with van der Waals surface area (Å²) in [6.07, 6.45) is 6.63. The molecular weight excluding hydrogens is 431 g/mol. The minimum Gasteiger partial charge on any atom is -0.360 e. The molecule has 3 aromatic rings. The van der Waals surface area contributed by atoms with E-state index in [1.165, 1.54) is 17.7 Å². The Hall–Kier alpha value is -2.78. The van der Waals surface area contributed by atoms with Gasteiger partial charge < -0.3 is 4.52 Å². The van der Waals surface area contributed by atoms with Gasteiger partial charge in [-0.3, -0.25) is 0 Å². The van der Waals surface area contributed by atoms with Crippen LogP contribution < -0.4 is 4.72 Å². The molecule has 2 heterocycles. The van der Waals surface area contributed by atoms with Crippen LogP contribution in [0.25, 0.3) is 11.8 Å². The number of rotatable bonds is 5. The van der Waals surface area contributed by atoms with Crippen LogP contribution >= 0.6 is 0 Å². The SMILES string of the molecule is Cc1noc(C)c1S(=O)(=O)NC[C@H]1CCC2=Cc3c(cnn3-c3ccc(F)cc3)C[C@@]21C. The lowest BCUT2D eigenvalue weighted by atomic mass is 9.70. The molecular formula is C23H25FN4O3S. The molecule has 2 aliphatic carbocycles. The molecule has 1 aromatic carbocycles. The van der Waals surface area contributed by atoms with Crippen molar-refractivity contribution in [1.82, 2.24) is 19.7 Å². The highest BCUT2D eigenvalue weighted by atomic mass is 32.2. The Balaban J connectivity index is 1.39. The van der Waals surface area contributed by atoms with Crippen LogP contribution in [0.1, 0.15) is 42.5 Å². The summed E-state index contributed by atoms with van der Waals surface area (Å²) in [5.41, 5.74) is 4.46. The summed E-state index contributed by atoms with van der Waals surface area (Å²) in [7, 11) is -3.70. The van der Waals surface area contributed by atoms with Crippen LogP contribution in [0.3, 0.4) is 0 Å². The molecule has 0 radical (unpaired) electrons. The lowest BCUT2D eigenvalue weighted by Gasteiger charge is -2.36. The number of allylic oxidation sites excluding steroid dienone is 1. The third-order valence-corrected chi connectivity index (χ3v) is 8.65. The van der Waals surface area contributed by atoms with Gasteiger partial charge in [0, 0.05) is 6.54 Å². The first-order valence-electron chi connectivity index (χ1n) is 10.7. The van der Waals surface area contributed by atoms with Crippen molar-refractivity contribution in [2.45, 2.75) is 44.9 Å². The smallest absolute Gasteiger partial charge is 0.245 e. The number of aryl methyl sites for hydroxylation is 2. The zero-order valence-corrected chi connectivity index (χ0v) is 19.0. The predicted molar refractivity (Wildman–Crippen MR) is 117 cm³/mol. The number of nitrogens with zero attached hydrogens (tertiary/aromatic N) is 3. The van der Waals surface area contributed by atoms with Gasteiger partial charge in [0.1, 0.15) is 16.4 Å². The van der Waals surface area contributed by atoms with Crippen LogP contribution in [0.2, 0.25) is 0 Å². The van der Waals surface area contributed by atoms with E-state index in [4.69, 9.17) is 4.52 Å². The van der Waals surface area contributed by atoms with Crippen LogP contribution in [0.15, 0.2) is 45.5 Å². The van der Waals surface area contributed by atoms with Gasteiger partial charge >= 0.3 is 0 Å². The monoisotopic (exact) mass is 456 g/mol. The van der Waals surface area contributed by atoms with E-state index in [-0.39, 0.29) is 22.0 Å². The van der Waals surface area contributed by atoms with Gasteiger partial charge in [-0.1, -0.05) is 17.7 Å². The normalized spacial score (nSPS) is 22.5. The third-order valence-electron chi connectivity index (χ3n) is 6.98. The molecule has 9 heteroatoms. The van der Waals surface area contributed by atoms with Crippen molar-refractivity contribution in [3.05, 3.63) is 64.6 Å². The Morgan fingerprint density at radius 2 is 2.03 bits per heavy atom. The largest absolute Gasteiger partial charge is 0.360 e. The summed E-state index contributed by atoms with van der Waals surface area (Å²) < 4.78 is 48.7. The lowest BCUT2D eigenvalue weighted by molar-refractivity contribution is 0.272. The van der Waals surface area contributed by atoms with Crippen LogP contribution in [0.4, 0.5) is 4.39 Å². The van der Waals surface area contributed by atoms with Crippen molar-refractivity contribution in [3.63, 3.8) is 0 Å². The summed E-state index contributed by atoms with van der Waals surface area (Å²) in [5, 5.41) is 8.31. The summed E-state index contributed by atoms with van der Waals surface area (Å²) in [5.74, 6) is 0.174. The Kier molecular flexibility index (Phi) is 4.86. The van der Waals surface area contributed by atoms with Crippen LogP contribution in [0, 0.1) is 31.0 Å². The highest BCUT2D eigenvalue weighted by molar-refractivity contribution is 7.89. The van der Waals surface area contributed by atoms with Gasteiger partial charge in [-0.05, 0) is 80.3 Å². The molecule has 1 saturated carbocycles. The molecule has 0 saturated heterocycles. The van der Waals surface area contributed by atoms with Crippen molar-refractivity contribution in [2.24, 2.45) is 11.3 Å². The molecule has 1 fully saturated rings. The molecule has 7 nitrogen and oxygen atoms in total. The van der Waals surface area contributed by atoms with Crippen molar-refractivity contribution >= 4 is 16.1 Å². The van der Waals surface area contributed by atoms with Crippen molar-refractivity contribution < 1.29 is 17.3 Å². The Bertz CT molecular complexity index is 1300. The number of hydrogen-bond donors (Lipinski definition) is 1. The quantitative estimate of drug-likeness (QED) is 0.628. The van der Waals surface area contributed by atoms with E-state index >= 15 is 0 Å². The van der Waals surface area contributed by atoms with Gasteiger partial charge in [-0.25, -0.2) is 22.2 Å². The number of fused-ring (bicyclic) bond motifs is 2. The first-order valence-corrected chi connectivity index (χ1v) is 12.1. The topological polar surface area (TPSA) is 90.0 Å². The molecule has 5 rings (SSSR count). The number of benzene rings is 1. The van der Waals surface area contributed by atoms with Crippen molar-refractivity contribution in [1.29, 1.82) is 0 Å². The fourth-order valence-corrected chi connectivity index (χ4v) is 6.60. The second-order valence-corrected chi connectivity index (χ2v) is 10.7. The Labute approximate surface area is 186 Å². The molecule has 168 valence electrons. The maximum atomic E-state index is 13.3. The van der Waals surface area contributed by atoms with Crippen molar-refractivity contribution in [2.75, 3.05) is 6.54 Å². The highest BCUT2D eigenvalue weighted by Gasteiger charge is 2.45. The first kappa shape index (κ1) is 21.1. The minimum absolute atomic E-state index is 0.128. The highest BCUT2D eigenvalue weighted by Crippen LogP contribution is 2.53. The molecule has 2 aliphatic rings. The van der Waals surface area contributed by atoms with Gasteiger partial charge in [0.05, 0.1) is 17.6 Å². The summed E-state index contributed by atoms with van der Waals surface area (Å²) in [4.78, 5) is 0.128. The maximum absolute atomic E-state index is 13.3. The van der Waals surface area contributed by atoms with E-state index in [9.17, 15) is 12.8 Å². The average Bonchev–Trinajstić information content (AvgIpc) is 3.40. The summed E-state index contributed by atoms with van der Waals surface area (Å²) >= 11 is 0. The van der Waals surface area contributed by atoms with E-state index in [1.807, 2.05) is 10.9 Å².